The highest BCUT2D eigenvalue weighted by Gasteiger charge is 2.03. The Morgan fingerprint density at radius 2 is 2.13 bits per heavy atom. The number of hydrogen-bond acceptors (Lipinski definition) is 1. The predicted octanol–water partition coefficient (Wildman–Crippen LogP) is 3.90. The minimum atomic E-state index is 1.11. The Hall–Kier alpha value is -0.980. The lowest BCUT2D eigenvalue weighted by Gasteiger charge is -2.19. The van der Waals surface area contributed by atoms with Crippen LogP contribution in [0.2, 0.25) is 0 Å². The van der Waals surface area contributed by atoms with Gasteiger partial charge in [0.15, 0.2) is 0 Å². The highest BCUT2D eigenvalue weighted by molar-refractivity contribution is 5.29. The zero-order chi connectivity index (χ0) is 11.1. The number of nitrogens with zero attached hydrogens (tertiary/aromatic N) is 1. The second kappa shape index (κ2) is 6.49. The van der Waals surface area contributed by atoms with Crippen molar-refractivity contribution in [1.29, 1.82) is 0 Å². The van der Waals surface area contributed by atoms with Crippen LogP contribution in [0.5, 0.6) is 0 Å². The van der Waals surface area contributed by atoms with E-state index in [-0.39, 0.29) is 0 Å². The number of likely N-dealkylation sites (N-methyl/N-ethyl adjacent to an activating group) is 1. The molecule has 0 atom stereocenters. The minimum absolute atomic E-state index is 1.11. The van der Waals surface area contributed by atoms with Gasteiger partial charge in [0, 0.05) is 19.3 Å². The first kappa shape index (κ1) is 12.1. The van der Waals surface area contributed by atoms with Gasteiger partial charge in [-0.25, -0.2) is 0 Å². The van der Waals surface area contributed by atoms with E-state index in [1.54, 1.807) is 0 Å². The summed E-state index contributed by atoms with van der Waals surface area (Å²) in [7, 11) is 2.18. The molecule has 0 radical (unpaired) electrons. The maximum absolute atomic E-state index is 2.35. The topological polar surface area (TPSA) is 3.24 Å². The molecule has 0 unspecified atom stereocenters. The smallest absolute Gasteiger partial charge is 0.0326 e. The lowest BCUT2D eigenvalue weighted by atomic mass is 10.1. The number of hydrogen-bond donors (Lipinski definition) is 0. The second-order valence-corrected chi connectivity index (χ2v) is 4.15. The van der Waals surface area contributed by atoms with Crippen LogP contribution < -0.4 is 0 Å². The molecule has 1 aliphatic rings. The fourth-order valence-electron chi connectivity index (χ4n) is 1.72. The quantitative estimate of drug-likeness (QED) is 0.658. The Labute approximate surface area is 94.2 Å². The Morgan fingerprint density at radius 1 is 1.33 bits per heavy atom. The SMILES string of the molecule is CCCCN(C)C1=CCC(CC)=CC=C1. The van der Waals surface area contributed by atoms with Gasteiger partial charge in [0.2, 0.25) is 0 Å². The summed E-state index contributed by atoms with van der Waals surface area (Å²) in [5.41, 5.74) is 2.88. The Bertz CT molecular complexity index is 271. The van der Waals surface area contributed by atoms with Crippen molar-refractivity contribution < 1.29 is 0 Å². The van der Waals surface area contributed by atoms with Gasteiger partial charge in [0.1, 0.15) is 0 Å². The monoisotopic (exact) mass is 205 g/mol. The molecule has 0 saturated heterocycles. The molecular formula is C14H23N. The standard InChI is InChI=1S/C14H23N/c1-4-6-12-15(3)14-9-7-8-13(5-2)10-11-14/h7-9,11H,4-6,10,12H2,1-3H3. The van der Waals surface area contributed by atoms with E-state index in [0.717, 1.165) is 19.4 Å². The van der Waals surface area contributed by atoms with Crippen LogP contribution in [-0.4, -0.2) is 18.5 Å². The van der Waals surface area contributed by atoms with Crippen LogP contribution in [0.1, 0.15) is 39.5 Å². The largest absolute Gasteiger partial charge is 0.375 e. The molecule has 1 heteroatoms. The predicted molar refractivity (Wildman–Crippen MR) is 67.8 cm³/mol. The van der Waals surface area contributed by atoms with Gasteiger partial charge in [0.25, 0.3) is 0 Å². The summed E-state index contributed by atoms with van der Waals surface area (Å²) in [6.07, 6.45) is 13.8. The molecule has 1 rings (SSSR count). The number of allylic oxidation sites excluding steroid dienone is 5. The van der Waals surface area contributed by atoms with Gasteiger partial charge in [0.05, 0.1) is 0 Å². The molecule has 15 heavy (non-hydrogen) atoms. The summed E-state index contributed by atoms with van der Waals surface area (Å²) < 4.78 is 0. The van der Waals surface area contributed by atoms with Crippen molar-refractivity contribution in [2.45, 2.75) is 39.5 Å². The number of rotatable bonds is 5. The fourth-order valence-corrected chi connectivity index (χ4v) is 1.72. The first-order valence-corrected chi connectivity index (χ1v) is 6.05. The second-order valence-electron chi connectivity index (χ2n) is 4.15. The third-order valence-electron chi connectivity index (χ3n) is 2.91. The molecule has 0 heterocycles. The van der Waals surface area contributed by atoms with E-state index in [2.05, 4.69) is 50.1 Å². The molecular weight excluding hydrogens is 182 g/mol. The molecule has 0 saturated carbocycles. The number of unbranched alkanes of at least 4 members (excludes halogenated alkanes) is 1. The van der Waals surface area contributed by atoms with Crippen molar-refractivity contribution in [2.24, 2.45) is 0 Å². The summed E-state index contributed by atoms with van der Waals surface area (Å²) in [4.78, 5) is 2.35. The molecule has 1 nitrogen and oxygen atoms in total. The zero-order valence-corrected chi connectivity index (χ0v) is 10.3. The molecule has 84 valence electrons. The molecule has 0 spiro atoms. The third-order valence-corrected chi connectivity index (χ3v) is 2.91. The van der Waals surface area contributed by atoms with Crippen LogP contribution in [0.4, 0.5) is 0 Å². The fraction of sp³-hybridized carbons (Fsp3) is 0.571. The maximum Gasteiger partial charge on any atom is 0.0326 e. The van der Waals surface area contributed by atoms with Gasteiger partial charge in [-0.15, -0.1) is 0 Å². The lowest BCUT2D eigenvalue weighted by Crippen LogP contribution is -2.17. The van der Waals surface area contributed by atoms with Gasteiger partial charge >= 0.3 is 0 Å². The van der Waals surface area contributed by atoms with Crippen molar-refractivity contribution in [2.75, 3.05) is 13.6 Å². The summed E-state index contributed by atoms with van der Waals surface area (Å²) >= 11 is 0. The highest BCUT2D eigenvalue weighted by atomic mass is 15.1. The first-order chi connectivity index (χ1) is 7.27. The maximum atomic E-state index is 2.35. The molecule has 0 aromatic carbocycles. The normalized spacial score (nSPS) is 15.7. The average molecular weight is 205 g/mol. The van der Waals surface area contributed by atoms with Crippen LogP contribution in [0.25, 0.3) is 0 Å². The van der Waals surface area contributed by atoms with Gasteiger partial charge < -0.3 is 4.90 Å². The van der Waals surface area contributed by atoms with Gasteiger partial charge in [-0.2, -0.15) is 0 Å². The Morgan fingerprint density at radius 3 is 2.80 bits per heavy atom. The summed E-state index contributed by atoms with van der Waals surface area (Å²) in [5, 5.41) is 0. The van der Waals surface area contributed by atoms with E-state index in [9.17, 15) is 0 Å². The van der Waals surface area contributed by atoms with E-state index in [4.69, 9.17) is 0 Å². The van der Waals surface area contributed by atoms with Crippen molar-refractivity contribution in [3.63, 3.8) is 0 Å². The minimum Gasteiger partial charge on any atom is -0.375 e. The van der Waals surface area contributed by atoms with E-state index in [0.29, 0.717) is 0 Å². The third kappa shape index (κ3) is 3.94. The van der Waals surface area contributed by atoms with E-state index >= 15 is 0 Å². The molecule has 0 fully saturated rings. The summed E-state index contributed by atoms with van der Waals surface area (Å²) in [6, 6.07) is 0. The summed E-state index contributed by atoms with van der Waals surface area (Å²) in [6.45, 7) is 5.62. The van der Waals surface area contributed by atoms with Crippen LogP contribution in [0.15, 0.2) is 35.6 Å². The van der Waals surface area contributed by atoms with Crippen LogP contribution in [0, 0.1) is 0 Å². The molecule has 1 aliphatic carbocycles. The lowest BCUT2D eigenvalue weighted by molar-refractivity contribution is 0.417. The van der Waals surface area contributed by atoms with E-state index in [1.165, 1.54) is 24.1 Å². The average Bonchev–Trinajstić information content (AvgIpc) is 2.50. The van der Waals surface area contributed by atoms with E-state index < -0.39 is 0 Å². The Kier molecular flexibility index (Phi) is 5.23. The van der Waals surface area contributed by atoms with Crippen molar-refractivity contribution >= 4 is 0 Å². The Balaban J connectivity index is 2.54. The summed E-state index contributed by atoms with van der Waals surface area (Å²) in [5.74, 6) is 0. The van der Waals surface area contributed by atoms with Crippen LogP contribution in [-0.2, 0) is 0 Å². The van der Waals surface area contributed by atoms with E-state index in [1.807, 2.05) is 0 Å². The van der Waals surface area contributed by atoms with Crippen molar-refractivity contribution in [3.8, 4) is 0 Å². The molecule has 0 aromatic rings. The molecule has 0 bridgehead atoms. The van der Waals surface area contributed by atoms with Crippen LogP contribution in [0.3, 0.4) is 0 Å². The van der Waals surface area contributed by atoms with Gasteiger partial charge in [-0.3, -0.25) is 0 Å². The zero-order valence-electron chi connectivity index (χ0n) is 10.3. The van der Waals surface area contributed by atoms with Gasteiger partial charge in [-0.05, 0) is 25.3 Å². The molecule has 0 amide bonds. The van der Waals surface area contributed by atoms with Crippen LogP contribution >= 0.6 is 0 Å². The highest BCUT2D eigenvalue weighted by Crippen LogP contribution is 2.16. The van der Waals surface area contributed by atoms with Gasteiger partial charge in [-0.1, -0.05) is 44.1 Å². The first-order valence-electron chi connectivity index (χ1n) is 6.05. The molecule has 0 N–H and O–H groups in total. The molecule has 0 aromatic heterocycles. The molecule has 0 aliphatic heterocycles. The van der Waals surface area contributed by atoms with Crippen molar-refractivity contribution in [3.05, 3.63) is 35.6 Å². The van der Waals surface area contributed by atoms with Crippen molar-refractivity contribution in [1.82, 2.24) is 4.90 Å².